The first-order chi connectivity index (χ1) is 8.13. The first kappa shape index (κ1) is 20.4. The van der Waals surface area contributed by atoms with E-state index in [4.69, 9.17) is 5.26 Å². The molecule has 5 heteroatoms. The van der Waals surface area contributed by atoms with Gasteiger partial charge in [-0.05, 0) is 49.6 Å². The van der Waals surface area contributed by atoms with Crippen LogP contribution in [0.1, 0.15) is 41.5 Å². The summed E-state index contributed by atoms with van der Waals surface area (Å²) in [6, 6.07) is 0. The molecule has 0 bridgehead atoms. The highest BCUT2D eigenvalue weighted by Crippen LogP contribution is 2.20. The summed E-state index contributed by atoms with van der Waals surface area (Å²) >= 11 is 6.64. The molecular weight excluding hydrogens is 364 g/mol. The minimum atomic E-state index is -0.565. The van der Waals surface area contributed by atoms with Crippen LogP contribution in [-0.4, -0.2) is 11.2 Å². The molecule has 108 valence electrons. The normalized spacial score (nSPS) is 13.5. The van der Waals surface area contributed by atoms with E-state index in [1.54, 1.807) is 6.92 Å². The van der Waals surface area contributed by atoms with Crippen LogP contribution in [0.2, 0.25) is 0 Å². The fourth-order valence-corrected chi connectivity index (χ4v) is 1.58. The largest absolute Gasteiger partial charge is 0.345 e. The third-order valence-electron chi connectivity index (χ3n) is 2.90. The Bertz CT molecular complexity index is 259. The quantitative estimate of drug-likeness (QED) is 0.532. The first-order valence-corrected chi connectivity index (χ1v) is 7.60. The number of carbonyl (C=O) groups excluding carboxylic acids is 1. The van der Waals surface area contributed by atoms with Gasteiger partial charge in [-0.15, -0.1) is 0 Å². The van der Waals surface area contributed by atoms with Gasteiger partial charge in [0.25, 0.3) is 0 Å². The maximum atomic E-state index is 10.5. The zero-order valence-electron chi connectivity index (χ0n) is 11.9. The summed E-state index contributed by atoms with van der Waals surface area (Å²) in [6.45, 7) is 12.1. The number of rotatable bonds is 4. The van der Waals surface area contributed by atoms with Gasteiger partial charge in [-0.2, -0.15) is 5.26 Å². The second-order valence-corrected chi connectivity index (χ2v) is 7.78. The van der Waals surface area contributed by atoms with Crippen molar-refractivity contribution < 1.29 is 14.9 Å². The van der Waals surface area contributed by atoms with E-state index in [1.165, 1.54) is 0 Å². The topological polar surface area (TPSA) is 46.5 Å². The second-order valence-electron chi connectivity index (χ2n) is 5.00. The van der Waals surface area contributed by atoms with Crippen molar-refractivity contribution in [2.24, 2.45) is 23.7 Å². The van der Waals surface area contributed by atoms with Gasteiger partial charge in [-0.3, -0.25) is 0 Å². The molecule has 0 aliphatic carbocycles. The van der Waals surface area contributed by atoms with Crippen LogP contribution in [-0.2, 0) is 9.68 Å². The van der Waals surface area contributed by atoms with E-state index in [0.717, 1.165) is 9.31 Å². The van der Waals surface area contributed by atoms with E-state index in [2.05, 4.69) is 63.6 Å². The van der Waals surface area contributed by atoms with Crippen molar-refractivity contribution in [1.29, 1.82) is 0 Å². The smallest absolute Gasteiger partial charge is 0.301 e. The van der Waals surface area contributed by atoms with Gasteiger partial charge < -0.3 is 4.89 Å². The van der Waals surface area contributed by atoms with Crippen LogP contribution in [0.5, 0.6) is 0 Å². The third kappa shape index (κ3) is 11.2. The van der Waals surface area contributed by atoms with E-state index in [0.29, 0.717) is 5.92 Å². The molecule has 0 saturated heterocycles. The highest BCUT2D eigenvalue weighted by molar-refractivity contribution is 9.28. The lowest BCUT2D eigenvalue weighted by molar-refractivity contribution is -0.239. The second kappa shape index (κ2) is 11.0. The number of carbonyl (C=O) groups is 1. The standard InChI is InChI=1S/C7H12Br2.C6H12O3/c1-5(2)6(3)4-7(8)9;1-4(2)5(3)6(7)9-8/h4-6H,1-3H3;4-5,8H,1-3H3/t6-;5-/m10/s1. The molecule has 3 nitrogen and oxygen atoms in total. The summed E-state index contributed by atoms with van der Waals surface area (Å²) < 4.78 is 1.05. The van der Waals surface area contributed by atoms with Crippen molar-refractivity contribution in [3.05, 3.63) is 9.47 Å². The molecule has 2 atom stereocenters. The summed E-state index contributed by atoms with van der Waals surface area (Å²) in [5.74, 6) is 0.776. The molecular formula is C13H24Br2O3. The molecule has 0 saturated carbocycles. The van der Waals surface area contributed by atoms with Crippen molar-refractivity contribution >= 4 is 37.8 Å². The van der Waals surface area contributed by atoms with E-state index in [1.807, 2.05) is 13.8 Å². The summed E-state index contributed by atoms with van der Waals surface area (Å²) in [5.41, 5.74) is 0. The highest BCUT2D eigenvalue weighted by Gasteiger charge is 2.17. The Morgan fingerprint density at radius 1 is 1.06 bits per heavy atom. The molecule has 0 unspecified atom stereocenters. The molecule has 0 spiro atoms. The lowest BCUT2D eigenvalue weighted by Gasteiger charge is -2.09. The molecule has 0 aromatic heterocycles. The summed E-state index contributed by atoms with van der Waals surface area (Å²) in [4.78, 5) is 14.0. The van der Waals surface area contributed by atoms with Gasteiger partial charge in [0.05, 0.1) is 9.31 Å². The predicted molar refractivity (Wildman–Crippen MR) is 82.7 cm³/mol. The number of hydrogen-bond acceptors (Lipinski definition) is 3. The van der Waals surface area contributed by atoms with Crippen molar-refractivity contribution in [3.63, 3.8) is 0 Å². The fourth-order valence-electron chi connectivity index (χ4n) is 0.746. The Morgan fingerprint density at radius 3 is 1.61 bits per heavy atom. The van der Waals surface area contributed by atoms with E-state index < -0.39 is 5.97 Å². The summed E-state index contributed by atoms with van der Waals surface area (Å²) in [7, 11) is 0. The average Bonchev–Trinajstić information content (AvgIpc) is 2.26. The van der Waals surface area contributed by atoms with Gasteiger partial charge in [0, 0.05) is 0 Å². The van der Waals surface area contributed by atoms with Crippen LogP contribution in [0.4, 0.5) is 0 Å². The van der Waals surface area contributed by atoms with E-state index in [-0.39, 0.29) is 11.8 Å². The van der Waals surface area contributed by atoms with Crippen molar-refractivity contribution in [2.45, 2.75) is 41.5 Å². The fraction of sp³-hybridized carbons (Fsp3) is 0.769. The van der Waals surface area contributed by atoms with E-state index >= 15 is 0 Å². The molecule has 0 heterocycles. The Balaban J connectivity index is 0. The zero-order valence-corrected chi connectivity index (χ0v) is 15.1. The number of allylic oxidation sites excluding steroid dienone is 1. The first-order valence-electron chi connectivity index (χ1n) is 6.01. The summed E-state index contributed by atoms with van der Waals surface area (Å²) in [6.07, 6.45) is 2.16. The van der Waals surface area contributed by atoms with E-state index in [9.17, 15) is 4.79 Å². The van der Waals surface area contributed by atoms with Crippen LogP contribution < -0.4 is 0 Å². The Kier molecular flexibility index (Phi) is 12.5. The maximum Gasteiger partial charge on any atom is 0.345 e. The van der Waals surface area contributed by atoms with Gasteiger partial charge in [0.2, 0.25) is 0 Å². The molecule has 0 aromatic rings. The number of hydrogen-bond donors (Lipinski definition) is 1. The van der Waals surface area contributed by atoms with Crippen molar-refractivity contribution in [2.75, 3.05) is 0 Å². The van der Waals surface area contributed by atoms with Gasteiger partial charge >= 0.3 is 5.97 Å². The molecule has 1 N–H and O–H groups in total. The van der Waals surface area contributed by atoms with Crippen LogP contribution in [0, 0.1) is 23.7 Å². The highest BCUT2D eigenvalue weighted by atomic mass is 79.9. The Labute approximate surface area is 127 Å². The van der Waals surface area contributed by atoms with Crippen LogP contribution in [0.25, 0.3) is 0 Å². The minimum Gasteiger partial charge on any atom is -0.301 e. The lowest BCUT2D eigenvalue weighted by Crippen LogP contribution is -2.17. The van der Waals surface area contributed by atoms with Crippen LogP contribution in [0.15, 0.2) is 9.47 Å². The Hall–Kier alpha value is 0.130. The van der Waals surface area contributed by atoms with Crippen molar-refractivity contribution in [1.82, 2.24) is 0 Å². The predicted octanol–water partition coefficient (Wildman–Crippen LogP) is 5.20. The monoisotopic (exact) mass is 386 g/mol. The molecule has 18 heavy (non-hydrogen) atoms. The zero-order chi connectivity index (χ0) is 14.9. The molecule has 0 aliphatic rings. The Morgan fingerprint density at radius 2 is 1.50 bits per heavy atom. The third-order valence-corrected chi connectivity index (χ3v) is 3.43. The minimum absolute atomic E-state index is 0.213. The SMILES string of the molecule is CC(C)[C@H](C)C(=O)OO.CC(C)[C@H](C)C=C(Br)Br. The average molecular weight is 388 g/mol. The molecule has 0 aromatic carbocycles. The molecule has 0 aliphatic heterocycles. The number of halogens is 2. The van der Waals surface area contributed by atoms with Gasteiger partial charge in [-0.1, -0.05) is 47.6 Å². The van der Waals surface area contributed by atoms with Gasteiger partial charge in [0.1, 0.15) is 0 Å². The molecule has 0 amide bonds. The molecule has 0 rings (SSSR count). The molecule has 0 radical (unpaired) electrons. The maximum absolute atomic E-state index is 10.5. The molecule has 0 fully saturated rings. The lowest BCUT2D eigenvalue weighted by atomic mass is 9.99. The summed E-state index contributed by atoms with van der Waals surface area (Å²) in [5, 5.41) is 7.90. The van der Waals surface area contributed by atoms with Crippen LogP contribution in [0.3, 0.4) is 0 Å². The van der Waals surface area contributed by atoms with Crippen LogP contribution >= 0.6 is 31.9 Å². The van der Waals surface area contributed by atoms with Gasteiger partial charge in [0.15, 0.2) is 0 Å². The van der Waals surface area contributed by atoms with Gasteiger partial charge in [-0.25, -0.2) is 4.79 Å². The van der Waals surface area contributed by atoms with Crippen molar-refractivity contribution in [3.8, 4) is 0 Å².